The predicted octanol–water partition coefficient (Wildman–Crippen LogP) is 3.61. The van der Waals surface area contributed by atoms with Gasteiger partial charge in [0.2, 0.25) is 0 Å². The third kappa shape index (κ3) is 3.95. The Balaban J connectivity index is 1.55. The Morgan fingerprint density at radius 1 is 1.18 bits per heavy atom. The Hall–Kier alpha value is -2.64. The molecule has 1 atom stereocenters. The number of anilines is 1. The number of aryl methyl sites for hydroxylation is 1. The average molecular weight is 416 g/mol. The minimum atomic E-state index is -0.988. The highest BCUT2D eigenvalue weighted by Crippen LogP contribution is 2.31. The maximum Gasteiger partial charge on any atom is 0.263 e. The molecular formula is C20H18ClN3O3S. The van der Waals surface area contributed by atoms with Crippen LogP contribution < -0.4 is 10.1 Å². The molecule has 0 bridgehead atoms. The van der Waals surface area contributed by atoms with Crippen molar-refractivity contribution < 1.29 is 13.7 Å². The summed E-state index contributed by atoms with van der Waals surface area (Å²) in [4.78, 5) is 12.5. The van der Waals surface area contributed by atoms with E-state index in [9.17, 15) is 9.00 Å². The number of carbonyl (C=O) groups excluding carboxylic acids is 1. The second-order valence-electron chi connectivity index (χ2n) is 6.54. The molecule has 1 N–H and O–H groups in total. The third-order valence-electron chi connectivity index (χ3n) is 4.39. The van der Waals surface area contributed by atoms with Crippen LogP contribution >= 0.6 is 11.6 Å². The van der Waals surface area contributed by atoms with Gasteiger partial charge in [0.05, 0.1) is 22.9 Å². The standard InChI is InChI=1S/C20H18ClN3O3S/c1-13-2-6-15(7-3-13)24-20(17-11-28(26)12-18(17)23-24)22-19(25)10-27-16-8-4-14(21)5-9-16/h2-9H,10-12H2,1H3,(H,22,25). The van der Waals surface area contributed by atoms with Crippen molar-refractivity contribution in [2.24, 2.45) is 0 Å². The number of aromatic nitrogens is 2. The van der Waals surface area contributed by atoms with Crippen molar-refractivity contribution in [2.75, 3.05) is 11.9 Å². The number of nitrogens with one attached hydrogen (secondary N) is 1. The van der Waals surface area contributed by atoms with Crippen molar-refractivity contribution in [3.05, 3.63) is 70.4 Å². The van der Waals surface area contributed by atoms with Gasteiger partial charge in [0.15, 0.2) is 6.61 Å². The quantitative estimate of drug-likeness (QED) is 0.690. The normalized spacial score (nSPS) is 15.3. The van der Waals surface area contributed by atoms with Crippen LogP contribution in [0.1, 0.15) is 16.8 Å². The van der Waals surface area contributed by atoms with Gasteiger partial charge < -0.3 is 10.1 Å². The van der Waals surface area contributed by atoms with E-state index in [4.69, 9.17) is 16.3 Å². The molecule has 2 heterocycles. The lowest BCUT2D eigenvalue weighted by molar-refractivity contribution is -0.118. The molecule has 28 heavy (non-hydrogen) atoms. The van der Waals surface area contributed by atoms with Gasteiger partial charge in [-0.3, -0.25) is 9.00 Å². The number of nitrogens with zero attached hydrogens (tertiary/aromatic N) is 2. The first kappa shape index (κ1) is 18.7. The molecule has 0 spiro atoms. The summed E-state index contributed by atoms with van der Waals surface area (Å²) < 4.78 is 19.2. The van der Waals surface area contributed by atoms with E-state index in [0.29, 0.717) is 28.1 Å². The van der Waals surface area contributed by atoms with Crippen LogP contribution in [0.15, 0.2) is 48.5 Å². The summed E-state index contributed by atoms with van der Waals surface area (Å²) in [6, 6.07) is 14.6. The van der Waals surface area contributed by atoms with Crippen molar-refractivity contribution in [1.29, 1.82) is 0 Å². The summed E-state index contributed by atoms with van der Waals surface area (Å²) >= 11 is 5.85. The topological polar surface area (TPSA) is 73.2 Å². The van der Waals surface area contributed by atoms with Crippen LogP contribution in [0, 0.1) is 6.92 Å². The Morgan fingerprint density at radius 3 is 2.61 bits per heavy atom. The molecule has 144 valence electrons. The van der Waals surface area contributed by atoms with E-state index in [2.05, 4.69) is 10.4 Å². The van der Waals surface area contributed by atoms with Crippen LogP contribution in [0.25, 0.3) is 5.69 Å². The van der Waals surface area contributed by atoms with Gasteiger partial charge in [-0.05, 0) is 43.3 Å². The summed E-state index contributed by atoms with van der Waals surface area (Å²) in [6.45, 7) is 1.85. The van der Waals surface area contributed by atoms with Gasteiger partial charge in [-0.1, -0.05) is 29.3 Å². The number of halogens is 1. The van der Waals surface area contributed by atoms with Gasteiger partial charge in [0.1, 0.15) is 11.6 Å². The lowest BCUT2D eigenvalue weighted by Crippen LogP contribution is -2.22. The minimum absolute atomic E-state index is 0.154. The monoisotopic (exact) mass is 415 g/mol. The number of rotatable bonds is 5. The second-order valence-corrected chi connectivity index (χ2v) is 8.43. The van der Waals surface area contributed by atoms with Crippen molar-refractivity contribution in [2.45, 2.75) is 18.4 Å². The van der Waals surface area contributed by atoms with Crippen LogP contribution in [0.4, 0.5) is 5.82 Å². The van der Waals surface area contributed by atoms with Crippen LogP contribution in [0.5, 0.6) is 5.75 Å². The van der Waals surface area contributed by atoms with E-state index in [1.807, 2.05) is 31.2 Å². The highest BCUT2D eigenvalue weighted by atomic mass is 35.5. The van der Waals surface area contributed by atoms with E-state index in [1.165, 1.54) is 0 Å². The summed E-state index contributed by atoms with van der Waals surface area (Å²) in [5, 5.41) is 8.06. The number of hydrogen-bond acceptors (Lipinski definition) is 4. The second kappa shape index (κ2) is 7.77. The first-order valence-corrected chi connectivity index (χ1v) is 10.6. The minimum Gasteiger partial charge on any atom is -0.484 e. The Bertz CT molecular complexity index is 1050. The highest BCUT2D eigenvalue weighted by molar-refractivity contribution is 7.83. The SMILES string of the molecule is Cc1ccc(-n2nc3c(c2NC(=O)COc2ccc(Cl)cc2)CS(=O)C3)cc1. The molecule has 1 aliphatic rings. The van der Waals surface area contributed by atoms with Gasteiger partial charge >= 0.3 is 0 Å². The fraction of sp³-hybridized carbons (Fsp3) is 0.200. The third-order valence-corrected chi connectivity index (χ3v) is 5.85. The highest BCUT2D eigenvalue weighted by Gasteiger charge is 2.28. The van der Waals surface area contributed by atoms with Crippen LogP contribution in [0.2, 0.25) is 5.02 Å². The summed E-state index contributed by atoms with van der Waals surface area (Å²) in [6.07, 6.45) is 0. The van der Waals surface area contributed by atoms with Gasteiger partial charge in [0.25, 0.3) is 5.91 Å². The lowest BCUT2D eigenvalue weighted by atomic mass is 10.2. The molecule has 0 fully saturated rings. The molecule has 1 unspecified atom stereocenters. The average Bonchev–Trinajstić information content (AvgIpc) is 3.19. The summed E-state index contributed by atoms with van der Waals surface area (Å²) in [5.41, 5.74) is 3.54. The predicted molar refractivity (Wildman–Crippen MR) is 109 cm³/mol. The number of carbonyl (C=O) groups is 1. The van der Waals surface area contributed by atoms with Crippen molar-refractivity contribution in [3.8, 4) is 11.4 Å². The number of fused-ring (bicyclic) bond motifs is 1. The summed E-state index contributed by atoms with van der Waals surface area (Å²) in [7, 11) is -0.988. The lowest BCUT2D eigenvalue weighted by Gasteiger charge is -2.12. The molecule has 1 aliphatic heterocycles. The van der Waals surface area contributed by atoms with Crippen LogP contribution in [-0.2, 0) is 27.1 Å². The molecule has 0 saturated heterocycles. The van der Waals surface area contributed by atoms with Crippen LogP contribution in [-0.4, -0.2) is 26.5 Å². The van der Waals surface area contributed by atoms with Gasteiger partial charge in [-0.2, -0.15) is 5.10 Å². The molecule has 2 aromatic carbocycles. The van der Waals surface area contributed by atoms with Crippen LogP contribution in [0.3, 0.4) is 0 Å². The van der Waals surface area contributed by atoms with E-state index in [0.717, 1.165) is 22.5 Å². The molecule has 1 aromatic heterocycles. The maximum absolute atomic E-state index is 12.5. The number of amides is 1. The molecule has 6 nitrogen and oxygen atoms in total. The van der Waals surface area contributed by atoms with Gasteiger partial charge in [0, 0.05) is 21.4 Å². The van der Waals surface area contributed by atoms with E-state index in [1.54, 1.807) is 28.9 Å². The summed E-state index contributed by atoms with van der Waals surface area (Å²) in [5.74, 6) is 1.57. The largest absolute Gasteiger partial charge is 0.484 e. The molecular weight excluding hydrogens is 398 g/mol. The maximum atomic E-state index is 12.5. The Labute approximate surface area is 169 Å². The Kier molecular flexibility index (Phi) is 5.19. The van der Waals surface area contributed by atoms with E-state index in [-0.39, 0.29) is 12.5 Å². The Morgan fingerprint density at radius 2 is 1.89 bits per heavy atom. The van der Waals surface area contributed by atoms with Gasteiger partial charge in [-0.15, -0.1) is 0 Å². The fourth-order valence-corrected chi connectivity index (χ4v) is 4.37. The number of benzene rings is 2. The fourth-order valence-electron chi connectivity index (χ4n) is 2.98. The first-order chi connectivity index (χ1) is 13.5. The van der Waals surface area contributed by atoms with Gasteiger partial charge in [-0.25, -0.2) is 4.68 Å². The van der Waals surface area contributed by atoms with E-state index < -0.39 is 10.8 Å². The van der Waals surface area contributed by atoms with Crippen molar-refractivity contribution in [1.82, 2.24) is 9.78 Å². The molecule has 8 heteroatoms. The molecule has 1 amide bonds. The zero-order valence-electron chi connectivity index (χ0n) is 15.1. The van der Waals surface area contributed by atoms with Crippen molar-refractivity contribution in [3.63, 3.8) is 0 Å². The zero-order chi connectivity index (χ0) is 19.7. The molecule has 0 aliphatic carbocycles. The molecule has 0 radical (unpaired) electrons. The smallest absolute Gasteiger partial charge is 0.263 e. The number of hydrogen-bond donors (Lipinski definition) is 1. The van der Waals surface area contributed by atoms with E-state index >= 15 is 0 Å². The molecule has 4 rings (SSSR count). The molecule has 0 saturated carbocycles. The molecule has 3 aromatic rings. The van der Waals surface area contributed by atoms with Crippen molar-refractivity contribution >= 4 is 34.1 Å². The first-order valence-electron chi connectivity index (χ1n) is 8.70. The zero-order valence-corrected chi connectivity index (χ0v) is 16.7. The number of ether oxygens (including phenoxy) is 1.